The molecule has 0 spiro atoms. The van der Waals surface area contributed by atoms with Crippen LogP contribution in [0.4, 0.5) is 4.79 Å². The number of ether oxygens (including phenoxy) is 3. The molecule has 6 heteroatoms. The molecule has 24 heavy (non-hydrogen) atoms. The van der Waals surface area contributed by atoms with Crippen LogP contribution in [-0.4, -0.2) is 37.4 Å². The minimum atomic E-state index is -0.541. The normalized spacial score (nSPS) is 11.4. The Morgan fingerprint density at radius 1 is 1.17 bits per heavy atom. The summed E-state index contributed by atoms with van der Waals surface area (Å²) in [6.07, 6.45) is -0.344. The van der Waals surface area contributed by atoms with Crippen LogP contribution in [0.5, 0.6) is 11.5 Å². The van der Waals surface area contributed by atoms with E-state index in [9.17, 15) is 4.79 Å². The highest BCUT2D eigenvalue weighted by molar-refractivity contribution is 9.10. The Morgan fingerprint density at radius 3 is 2.04 bits per heavy atom. The predicted molar refractivity (Wildman–Crippen MR) is 98.7 cm³/mol. The SMILES string of the molecule is COc1cc(Br)cc(OC)c1CN(CC(C)C)C(=O)OC(C)(C)C. The minimum absolute atomic E-state index is 0.310. The van der Waals surface area contributed by atoms with Gasteiger partial charge in [-0.1, -0.05) is 29.8 Å². The molecule has 0 aromatic heterocycles. The maximum atomic E-state index is 12.6. The van der Waals surface area contributed by atoms with E-state index < -0.39 is 5.60 Å². The van der Waals surface area contributed by atoms with Crippen LogP contribution in [0.1, 0.15) is 40.2 Å². The highest BCUT2D eigenvalue weighted by Crippen LogP contribution is 2.34. The van der Waals surface area contributed by atoms with Gasteiger partial charge in [-0.3, -0.25) is 0 Å². The van der Waals surface area contributed by atoms with Crippen molar-refractivity contribution in [3.05, 3.63) is 22.2 Å². The smallest absolute Gasteiger partial charge is 0.410 e. The summed E-state index contributed by atoms with van der Waals surface area (Å²) >= 11 is 3.44. The van der Waals surface area contributed by atoms with E-state index in [1.807, 2.05) is 32.9 Å². The number of methoxy groups -OCH3 is 2. The fourth-order valence-electron chi connectivity index (χ4n) is 2.27. The molecule has 0 heterocycles. The first kappa shape index (κ1) is 20.6. The molecule has 1 aromatic rings. The highest BCUT2D eigenvalue weighted by Gasteiger charge is 2.25. The Hall–Kier alpha value is -1.43. The molecule has 0 saturated carbocycles. The third-order valence-corrected chi connectivity index (χ3v) is 3.62. The standard InChI is InChI=1S/C18H28BrNO4/c1-12(2)10-20(17(21)24-18(3,4)5)11-14-15(22-6)8-13(19)9-16(14)23-7/h8-9,12H,10-11H2,1-7H3. The second-order valence-corrected chi connectivity index (χ2v) is 7.96. The van der Waals surface area contributed by atoms with Crippen molar-refractivity contribution in [3.8, 4) is 11.5 Å². The van der Waals surface area contributed by atoms with E-state index in [1.165, 1.54) is 0 Å². The van der Waals surface area contributed by atoms with E-state index in [4.69, 9.17) is 14.2 Å². The zero-order valence-electron chi connectivity index (χ0n) is 15.6. The minimum Gasteiger partial charge on any atom is -0.496 e. The van der Waals surface area contributed by atoms with Crippen LogP contribution in [0, 0.1) is 5.92 Å². The van der Waals surface area contributed by atoms with Crippen LogP contribution in [-0.2, 0) is 11.3 Å². The van der Waals surface area contributed by atoms with Crippen molar-refractivity contribution in [2.45, 2.75) is 46.8 Å². The summed E-state index contributed by atoms with van der Waals surface area (Å²) in [5.74, 6) is 1.64. The lowest BCUT2D eigenvalue weighted by atomic mass is 10.1. The molecule has 1 amide bonds. The lowest BCUT2D eigenvalue weighted by Crippen LogP contribution is -2.38. The average molecular weight is 402 g/mol. The maximum absolute atomic E-state index is 12.6. The molecular formula is C18H28BrNO4. The van der Waals surface area contributed by atoms with E-state index >= 15 is 0 Å². The molecule has 0 unspecified atom stereocenters. The summed E-state index contributed by atoms with van der Waals surface area (Å²) in [6, 6.07) is 3.72. The van der Waals surface area contributed by atoms with Gasteiger partial charge in [0.15, 0.2) is 0 Å². The number of hydrogen-bond donors (Lipinski definition) is 0. The van der Waals surface area contributed by atoms with Crippen molar-refractivity contribution in [2.75, 3.05) is 20.8 Å². The number of nitrogens with zero attached hydrogens (tertiary/aromatic N) is 1. The lowest BCUT2D eigenvalue weighted by Gasteiger charge is -2.29. The Balaban J connectivity index is 3.16. The Morgan fingerprint density at radius 2 is 1.67 bits per heavy atom. The van der Waals surface area contributed by atoms with Gasteiger partial charge in [0.2, 0.25) is 0 Å². The molecule has 0 fully saturated rings. The summed E-state index contributed by atoms with van der Waals surface area (Å²) in [5.41, 5.74) is 0.273. The second-order valence-electron chi connectivity index (χ2n) is 7.04. The molecule has 0 atom stereocenters. The molecule has 0 aliphatic heterocycles. The summed E-state index contributed by atoms with van der Waals surface area (Å²) in [4.78, 5) is 14.3. The van der Waals surface area contributed by atoms with Crippen LogP contribution in [0.3, 0.4) is 0 Å². The molecule has 1 aromatic carbocycles. The van der Waals surface area contributed by atoms with Crippen molar-refractivity contribution in [1.29, 1.82) is 0 Å². The van der Waals surface area contributed by atoms with Gasteiger partial charge in [0.05, 0.1) is 26.3 Å². The molecule has 0 N–H and O–H groups in total. The number of carbonyl (C=O) groups is 1. The summed E-state index contributed by atoms with van der Waals surface area (Å²) in [5, 5.41) is 0. The van der Waals surface area contributed by atoms with Crippen LogP contribution in [0.15, 0.2) is 16.6 Å². The summed E-state index contributed by atoms with van der Waals surface area (Å²) in [6.45, 7) is 10.6. The number of benzene rings is 1. The molecule has 0 saturated heterocycles. The zero-order valence-corrected chi connectivity index (χ0v) is 17.2. The Labute approximate surface area is 153 Å². The average Bonchev–Trinajstić information content (AvgIpc) is 2.45. The fraction of sp³-hybridized carbons (Fsp3) is 0.611. The van der Waals surface area contributed by atoms with Crippen molar-refractivity contribution in [3.63, 3.8) is 0 Å². The van der Waals surface area contributed by atoms with Gasteiger partial charge in [0.25, 0.3) is 0 Å². The quantitative estimate of drug-likeness (QED) is 0.682. The van der Waals surface area contributed by atoms with Crippen molar-refractivity contribution in [1.82, 2.24) is 4.90 Å². The molecular weight excluding hydrogens is 374 g/mol. The third kappa shape index (κ3) is 6.23. The van der Waals surface area contributed by atoms with Gasteiger partial charge in [-0.25, -0.2) is 4.79 Å². The number of hydrogen-bond acceptors (Lipinski definition) is 4. The first-order chi connectivity index (χ1) is 11.1. The van der Waals surface area contributed by atoms with Gasteiger partial charge in [0, 0.05) is 11.0 Å². The zero-order chi connectivity index (χ0) is 18.5. The third-order valence-electron chi connectivity index (χ3n) is 3.16. The van der Waals surface area contributed by atoms with Crippen molar-refractivity contribution in [2.24, 2.45) is 5.92 Å². The van der Waals surface area contributed by atoms with E-state index in [-0.39, 0.29) is 6.09 Å². The summed E-state index contributed by atoms with van der Waals surface area (Å²) < 4.78 is 17.3. The van der Waals surface area contributed by atoms with Crippen molar-refractivity contribution >= 4 is 22.0 Å². The first-order valence-corrected chi connectivity index (χ1v) is 8.75. The van der Waals surface area contributed by atoms with Gasteiger partial charge in [-0.15, -0.1) is 0 Å². The lowest BCUT2D eigenvalue weighted by molar-refractivity contribution is 0.0209. The molecule has 1 rings (SSSR count). The van der Waals surface area contributed by atoms with E-state index in [0.29, 0.717) is 30.5 Å². The van der Waals surface area contributed by atoms with Gasteiger partial charge in [-0.2, -0.15) is 0 Å². The Kier molecular flexibility index (Phi) is 7.39. The van der Waals surface area contributed by atoms with Crippen LogP contribution >= 0.6 is 15.9 Å². The van der Waals surface area contributed by atoms with Crippen LogP contribution in [0.2, 0.25) is 0 Å². The number of carbonyl (C=O) groups excluding carboxylic acids is 1. The predicted octanol–water partition coefficient (Wildman–Crippen LogP) is 4.86. The number of halogens is 1. The Bertz CT molecular complexity index is 542. The highest BCUT2D eigenvalue weighted by atomic mass is 79.9. The van der Waals surface area contributed by atoms with Crippen LogP contribution in [0.25, 0.3) is 0 Å². The van der Waals surface area contributed by atoms with E-state index in [2.05, 4.69) is 29.8 Å². The van der Waals surface area contributed by atoms with Gasteiger partial charge in [-0.05, 0) is 38.8 Å². The second kappa shape index (κ2) is 8.60. The largest absolute Gasteiger partial charge is 0.496 e. The maximum Gasteiger partial charge on any atom is 0.410 e. The molecule has 0 aliphatic carbocycles. The van der Waals surface area contributed by atoms with Crippen LogP contribution < -0.4 is 9.47 Å². The van der Waals surface area contributed by atoms with Gasteiger partial charge >= 0.3 is 6.09 Å². The molecule has 0 aliphatic rings. The monoisotopic (exact) mass is 401 g/mol. The van der Waals surface area contributed by atoms with Crippen molar-refractivity contribution < 1.29 is 19.0 Å². The molecule has 136 valence electrons. The molecule has 0 radical (unpaired) electrons. The van der Waals surface area contributed by atoms with Gasteiger partial charge < -0.3 is 19.1 Å². The fourth-order valence-corrected chi connectivity index (χ4v) is 2.69. The number of rotatable bonds is 6. The summed E-state index contributed by atoms with van der Waals surface area (Å²) in [7, 11) is 3.20. The van der Waals surface area contributed by atoms with E-state index in [0.717, 1.165) is 10.0 Å². The topological polar surface area (TPSA) is 48.0 Å². The number of amides is 1. The first-order valence-electron chi connectivity index (χ1n) is 7.95. The molecule has 0 bridgehead atoms. The van der Waals surface area contributed by atoms with Gasteiger partial charge in [0.1, 0.15) is 17.1 Å². The van der Waals surface area contributed by atoms with E-state index in [1.54, 1.807) is 19.1 Å². The molecule has 5 nitrogen and oxygen atoms in total.